The van der Waals surface area contributed by atoms with Crippen LogP contribution in [0, 0.1) is 0 Å². The first-order valence-corrected chi connectivity index (χ1v) is 6.95. The molecular formula is C15H22N2O. The van der Waals surface area contributed by atoms with Crippen molar-refractivity contribution in [2.75, 3.05) is 32.1 Å². The molecule has 1 aliphatic heterocycles. The van der Waals surface area contributed by atoms with Crippen LogP contribution in [0.15, 0.2) is 18.2 Å². The first-order valence-electron chi connectivity index (χ1n) is 6.95. The molecule has 0 atom stereocenters. The number of rotatable bonds is 6. The summed E-state index contributed by atoms with van der Waals surface area (Å²) < 4.78 is 5.21. The number of benzene rings is 1. The molecule has 3 nitrogen and oxygen atoms in total. The summed E-state index contributed by atoms with van der Waals surface area (Å²) in [5.41, 5.74) is 4.23. The predicted molar refractivity (Wildman–Crippen MR) is 73.9 cm³/mol. The molecule has 0 spiro atoms. The van der Waals surface area contributed by atoms with E-state index in [-0.39, 0.29) is 0 Å². The van der Waals surface area contributed by atoms with Crippen molar-refractivity contribution < 1.29 is 4.74 Å². The molecule has 3 heteroatoms. The molecule has 1 heterocycles. The molecule has 1 aliphatic carbocycles. The van der Waals surface area contributed by atoms with Gasteiger partial charge in [-0.3, -0.25) is 4.90 Å². The topological polar surface area (TPSA) is 24.5 Å². The molecule has 1 aromatic carbocycles. The summed E-state index contributed by atoms with van der Waals surface area (Å²) in [6, 6.07) is 7.69. The first-order chi connectivity index (χ1) is 8.86. The molecule has 1 saturated carbocycles. The van der Waals surface area contributed by atoms with E-state index in [0.717, 1.165) is 32.3 Å². The molecule has 0 amide bonds. The smallest absolute Gasteiger partial charge is 0.0589 e. The molecular weight excluding hydrogens is 224 g/mol. The highest BCUT2D eigenvalue weighted by Gasteiger charge is 2.28. The number of ether oxygens (including phenoxy) is 1. The maximum absolute atomic E-state index is 5.21. The van der Waals surface area contributed by atoms with Crippen molar-refractivity contribution in [2.24, 2.45) is 0 Å². The zero-order valence-corrected chi connectivity index (χ0v) is 11.1. The predicted octanol–water partition coefficient (Wildman–Crippen LogP) is 2.27. The van der Waals surface area contributed by atoms with Crippen LogP contribution in [0.5, 0.6) is 0 Å². The van der Waals surface area contributed by atoms with Crippen LogP contribution < -0.4 is 5.32 Å². The van der Waals surface area contributed by atoms with Crippen LogP contribution >= 0.6 is 0 Å². The van der Waals surface area contributed by atoms with Gasteiger partial charge in [0.05, 0.1) is 6.61 Å². The van der Waals surface area contributed by atoms with Crippen LogP contribution in [0.3, 0.4) is 0 Å². The second kappa shape index (κ2) is 5.29. The Morgan fingerprint density at radius 1 is 1.39 bits per heavy atom. The molecule has 0 bridgehead atoms. The Kier molecular flexibility index (Phi) is 3.52. The summed E-state index contributed by atoms with van der Waals surface area (Å²) in [7, 11) is 1.78. The van der Waals surface area contributed by atoms with Gasteiger partial charge in [0.1, 0.15) is 0 Å². The van der Waals surface area contributed by atoms with Crippen molar-refractivity contribution in [3.05, 3.63) is 29.3 Å². The number of fused-ring (bicyclic) bond motifs is 1. The Bertz CT molecular complexity index is 415. The average Bonchev–Trinajstić information content (AvgIpc) is 3.12. The Morgan fingerprint density at radius 2 is 2.28 bits per heavy atom. The second-order valence-corrected chi connectivity index (χ2v) is 5.36. The fourth-order valence-corrected chi connectivity index (χ4v) is 2.71. The third kappa shape index (κ3) is 2.68. The van der Waals surface area contributed by atoms with Crippen LogP contribution in [-0.4, -0.2) is 37.7 Å². The Balaban J connectivity index is 1.66. The van der Waals surface area contributed by atoms with E-state index in [2.05, 4.69) is 28.4 Å². The van der Waals surface area contributed by atoms with E-state index in [0.29, 0.717) is 0 Å². The number of nitrogens with zero attached hydrogens (tertiary/aromatic N) is 1. The van der Waals surface area contributed by atoms with Crippen molar-refractivity contribution in [3.8, 4) is 0 Å². The summed E-state index contributed by atoms with van der Waals surface area (Å²) in [5, 5.41) is 3.46. The Hall–Kier alpha value is -1.06. The van der Waals surface area contributed by atoms with Crippen LogP contribution in [0.1, 0.15) is 24.0 Å². The fraction of sp³-hybridized carbons (Fsp3) is 0.600. The highest BCUT2D eigenvalue weighted by molar-refractivity contribution is 5.57. The highest BCUT2D eigenvalue weighted by atomic mass is 16.5. The van der Waals surface area contributed by atoms with Crippen LogP contribution in [0.4, 0.5) is 5.69 Å². The average molecular weight is 246 g/mol. The van der Waals surface area contributed by atoms with Gasteiger partial charge in [0, 0.05) is 38.5 Å². The Labute approximate surface area is 109 Å². The van der Waals surface area contributed by atoms with Gasteiger partial charge in [-0.1, -0.05) is 12.1 Å². The van der Waals surface area contributed by atoms with E-state index in [4.69, 9.17) is 4.74 Å². The molecule has 98 valence electrons. The van der Waals surface area contributed by atoms with E-state index in [1.54, 1.807) is 7.11 Å². The summed E-state index contributed by atoms with van der Waals surface area (Å²) in [6.45, 7) is 4.03. The van der Waals surface area contributed by atoms with E-state index in [1.165, 1.54) is 36.1 Å². The van der Waals surface area contributed by atoms with E-state index in [1.807, 2.05) is 0 Å². The van der Waals surface area contributed by atoms with Crippen molar-refractivity contribution >= 4 is 5.69 Å². The molecule has 1 aromatic rings. The lowest BCUT2D eigenvalue weighted by molar-refractivity contribution is 0.139. The monoisotopic (exact) mass is 246 g/mol. The van der Waals surface area contributed by atoms with Gasteiger partial charge in [0.15, 0.2) is 0 Å². The van der Waals surface area contributed by atoms with Gasteiger partial charge in [-0.2, -0.15) is 0 Å². The lowest BCUT2D eigenvalue weighted by Gasteiger charge is -2.22. The highest BCUT2D eigenvalue weighted by Crippen LogP contribution is 2.29. The SMILES string of the molecule is COCCN(Cc1ccc2c(c1)NCC2)C1CC1. The van der Waals surface area contributed by atoms with Crippen LogP contribution in [-0.2, 0) is 17.7 Å². The largest absolute Gasteiger partial charge is 0.384 e. The first kappa shape index (κ1) is 12.0. The van der Waals surface area contributed by atoms with Gasteiger partial charge in [-0.05, 0) is 36.5 Å². The number of nitrogens with one attached hydrogen (secondary N) is 1. The van der Waals surface area contributed by atoms with Gasteiger partial charge < -0.3 is 10.1 Å². The molecule has 1 fully saturated rings. The van der Waals surface area contributed by atoms with Crippen molar-refractivity contribution in [1.29, 1.82) is 0 Å². The number of methoxy groups -OCH3 is 1. The summed E-state index contributed by atoms with van der Waals surface area (Å²) in [6.07, 6.45) is 3.88. The minimum absolute atomic E-state index is 0.793. The lowest BCUT2D eigenvalue weighted by Crippen LogP contribution is -2.29. The maximum Gasteiger partial charge on any atom is 0.0589 e. The summed E-state index contributed by atoms with van der Waals surface area (Å²) >= 11 is 0. The second-order valence-electron chi connectivity index (χ2n) is 5.36. The van der Waals surface area contributed by atoms with Gasteiger partial charge in [0.2, 0.25) is 0 Å². The Morgan fingerprint density at radius 3 is 3.06 bits per heavy atom. The van der Waals surface area contributed by atoms with Gasteiger partial charge in [-0.25, -0.2) is 0 Å². The molecule has 3 rings (SSSR count). The molecule has 2 aliphatic rings. The minimum atomic E-state index is 0.793. The van der Waals surface area contributed by atoms with Crippen molar-refractivity contribution in [1.82, 2.24) is 4.90 Å². The van der Waals surface area contributed by atoms with Crippen LogP contribution in [0.25, 0.3) is 0 Å². The molecule has 1 N–H and O–H groups in total. The molecule has 0 unspecified atom stereocenters. The third-order valence-electron chi connectivity index (χ3n) is 3.92. The van der Waals surface area contributed by atoms with E-state index < -0.39 is 0 Å². The quantitative estimate of drug-likeness (QED) is 0.833. The summed E-state index contributed by atoms with van der Waals surface area (Å²) in [4.78, 5) is 2.56. The minimum Gasteiger partial charge on any atom is -0.384 e. The van der Waals surface area contributed by atoms with Crippen molar-refractivity contribution in [2.45, 2.75) is 31.8 Å². The lowest BCUT2D eigenvalue weighted by atomic mass is 10.1. The number of anilines is 1. The molecule has 0 radical (unpaired) electrons. The van der Waals surface area contributed by atoms with E-state index in [9.17, 15) is 0 Å². The third-order valence-corrected chi connectivity index (χ3v) is 3.92. The van der Waals surface area contributed by atoms with Crippen molar-refractivity contribution in [3.63, 3.8) is 0 Å². The normalized spacial score (nSPS) is 17.9. The fourth-order valence-electron chi connectivity index (χ4n) is 2.71. The zero-order valence-electron chi connectivity index (χ0n) is 11.1. The molecule has 18 heavy (non-hydrogen) atoms. The molecule has 0 aromatic heterocycles. The van der Waals surface area contributed by atoms with Gasteiger partial charge in [0.25, 0.3) is 0 Å². The van der Waals surface area contributed by atoms with Gasteiger partial charge >= 0.3 is 0 Å². The number of hydrogen-bond donors (Lipinski definition) is 1. The van der Waals surface area contributed by atoms with Crippen LogP contribution in [0.2, 0.25) is 0 Å². The van der Waals surface area contributed by atoms with E-state index >= 15 is 0 Å². The maximum atomic E-state index is 5.21. The molecule has 0 saturated heterocycles. The standard InChI is InChI=1S/C15H22N2O/c1-18-9-8-17(14-4-5-14)11-12-2-3-13-6-7-16-15(13)10-12/h2-3,10,14,16H,4-9,11H2,1H3. The number of hydrogen-bond acceptors (Lipinski definition) is 3. The van der Waals surface area contributed by atoms with Gasteiger partial charge in [-0.15, -0.1) is 0 Å². The summed E-state index contributed by atoms with van der Waals surface area (Å²) in [5.74, 6) is 0. The zero-order chi connectivity index (χ0) is 12.4.